The van der Waals surface area contributed by atoms with Crippen LogP contribution in [-0.4, -0.2) is 5.97 Å². The molecular formula is C15H17ClN2O2. The van der Waals surface area contributed by atoms with Crippen LogP contribution in [0.5, 0.6) is 0 Å². The fourth-order valence-electron chi connectivity index (χ4n) is 1.67. The first-order valence-corrected chi connectivity index (χ1v) is 6.03. The van der Waals surface area contributed by atoms with Gasteiger partial charge in [0.2, 0.25) is 0 Å². The SMILES string of the molecule is Cl.NNc1ccc(CC(=O)OCc2ccccc2)cc1. The number of anilines is 1. The average molecular weight is 293 g/mol. The van der Waals surface area contributed by atoms with Gasteiger partial charge in [-0.3, -0.25) is 10.6 Å². The van der Waals surface area contributed by atoms with E-state index in [9.17, 15) is 4.79 Å². The number of nitrogens with two attached hydrogens (primary N) is 1. The molecule has 3 N–H and O–H groups in total. The number of esters is 1. The number of nitrogen functional groups attached to an aromatic ring is 1. The van der Waals surface area contributed by atoms with Crippen LogP contribution in [0.3, 0.4) is 0 Å². The minimum absolute atomic E-state index is 0. The lowest BCUT2D eigenvalue weighted by molar-refractivity contribution is -0.144. The molecule has 0 aromatic heterocycles. The lowest BCUT2D eigenvalue weighted by Gasteiger charge is -2.06. The number of nitrogens with one attached hydrogen (secondary N) is 1. The number of hydrogen-bond acceptors (Lipinski definition) is 4. The Kier molecular flexibility index (Phi) is 6.56. The number of hydrogen-bond donors (Lipinski definition) is 2. The molecule has 0 bridgehead atoms. The molecule has 0 aliphatic rings. The fraction of sp³-hybridized carbons (Fsp3) is 0.133. The highest BCUT2D eigenvalue weighted by Gasteiger charge is 2.05. The molecule has 2 aromatic rings. The molecular weight excluding hydrogens is 276 g/mol. The van der Waals surface area contributed by atoms with E-state index in [4.69, 9.17) is 10.6 Å². The van der Waals surface area contributed by atoms with Crippen LogP contribution in [0.15, 0.2) is 54.6 Å². The van der Waals surface area contributed by atoms with Crippen molar-refractivity contribution in [2.24, 2.45) is 5.84 Å². The van der Waals surface area contributed by atoms with Crippen molar-refractivity contribution in [3.8, 4) is 0 Å². The first-order valence-electron chi connectivity index (χ1n) is 6.03. The Bertz CT molecular complexity index is 529. The largest absolute Gasteiger partial charge is 0.461 e. The van der Waals surface area contributed by atoms with Crippen LogP contribution < -0.4 is 11.3 Å². The maximum Gasteiger partial charge on any atom is 0.310 e. The Balaban J connectivity index is 0.00000200. The van der Waals surface area contributed by atoms with Crippen LogP contribution in [0, 0.1) is 0 Å². The monoisotopic (exact) mass is 292 g/mol. The van der Waals surface area contributed by atoms with Crippen molar-refractivity contribution in [3.63, 3.8) is 0 Å². The molecule has 0 fully saturated rings. The molecule has 0 saturated carbocycles. The molecule has 4 nitrogen and oxygen atoms in total. The number of rotatable bonds is 5. The van der Waals surface area contributed by atoms with Crippen LogP contribution in [0.25, 0.3) is 0 Å². The minimum atomic E-state index is -0.239. The van der Waals surface area contributed by atoms with Gasteiger partial charge in [-0.1, -0.05) is 42.5 Å². The molecule has 0 spiro atoms. The van der Waals surface area contributed by atoms with E-state index in [2.05, 4.69) is 5.43 Å². The topological polar surface area (TPSA) is 64.3 Å². The van der Waals surface area contributed by atoms with Gasteiger partial charge in [0, 0.05) is 5.69 Å². The molecule has 0 radical (unpaired) electrons. The highest BCUT2D eigenvalue weighted by atomic mass is 35.5. The maximum atomic E-state index is 11.7. The third-order valence-electron chi connectivity index (χ3n) is 2.71. The first-order chi connectivity index (χ1) is 9.28. The van der Waals surface area contributed by atoms with Gasteiger partial charge in [-0.25, -0.2) is 0 Å². The van der Waals surface area contributed by atoms with E-state index in [0.29, 0.717) is 6.61 Å². The zero-order valence-electron chi connectivity index (χ0n) is 10.9. The van der Waals surface area contributed by atoms with E-state index in [1.807, 2.05) is 54.6 Å². The summed E-state index contributed by atoms with van der Waals surface area (Å²) in [5.74, 6) is 5.03. The summed E-state index contributed by atoms with van der Waals surface area (Å²) in [5, 5.41) is 0. The van der Waals surface area contributed by atoms with Crippen molar-refractivity contribution < 1.29 is 9.53 Å². The Hall–Kier alpha value is -2.04. The van der Waals surface area contributed by atoms with Crippen molar-refractivity contribution in [3.05, 3.63) is 65.7 Å². The highest BCUT2D eigenvalue weighted by molar-refractivity contribution is 5.85. The van der Waals surface area contributed by atoms with Gasteiger partial charge in [-0.15, -0.1) is 12.4 Å². The second-order valence-electron chi connectivity index (χ2n) is 4.16. The van der Waals surface area contributed by atoms with Crippen molar-refractivity contribution in [2.75, 3.05) is 5.43 Å². The van der Waals surface area contributed by atoms with Gasteiger partial charge in [0.15, 0.2) is 0 Å². The highest BCUT2D eigenvalue weighted by Crippen LogP contribution is 2.09. The predicted molar refractivity (Wildman–Crippen MR) is 81.4 cm³/mol. The zero-order chi connectivity index (χ0) is 13.5. The molecule has 0 unspecified atom stereocenters. The molecule has 0 saturated heterocycles. The third kappa shape index (κ3) is 4.91. The molecule has 0 aliphatic heterocycles. The van der Waals surface area contributed by atoms with Gasteiger partial charge in [0.25, 0.3) is 0 Å². The number of benzene rings is 2. The summed E-state index contributed by atoms with van der Waals surface area (Å²) in [6.07, 6.45) is 0.262. The van der Waals surface area contributed by atoms with Crippen LogP contribution >= 0.6 is 12.4 Å². The van der Waals surface area contributed by atoms with Gasteiger partial charge < -0.3 is 10.2 Å². The first kappa shape index (κ1) is 16.0. The molecule has 0 heterocycles. The van der Waals surface area contributed by atoms with E-state index < -0.39 is 0 Å². The van der Waals surface area contributed by atoms with Gasteiger partial charge in [-0.2, -0.15) is 0 Å². The van der Waals surface area contributed by atoms with E-state index in [1.54, 1.807) is 0 Å². The molecule has 106 valence electrons. The standard InChI is InChI=1S/C15H16N2O2.ClH/c16-17-14-8-6-12(7-9-14)10-15(18)19-11-13-4-2-1-3-5-13;/h1-9,17H,10-11,16H2;1H. The number of carbonyl (C=O) groups is 1. The lowest BCUT2D eigenvalue weighted by Crippen LogP contribution is -2.09. The molecule has 2 aromatic carbocycles. The number of halogens is 1. The van der Waals surface area contributed by atoms with E-state index >= 15 is 0 Å². The van der Waals surface area contributed by atoms with Crippen molar-refractivity contribution in [2.45, 2.75) is 13.0 Å². The fourth-order valence-corrected chi connectivity index (χ4v) is 1.67. The normalized spacial score (nSPS) is 9.45. The summed E-state index contributed by atoms with van der Waals surface area (Å²) in [7, 11) is 0. The molecule has 2 rings (SSSR count). The molecule has 0 aliphatic carbocycles. The predicted octanol–water partition coefficient (Wildman–Crippen LogP) is 2.68. The third-order valence-corrected chi connectivity index (χ3v) is 2.71. The smallest absolute Gasteiger partial charge is 0.310 e. The maximum absolute atomic E-state index is 11.7. The van der Waals surface area contributed by atoms with Gasteiger partial charge in [-0.05, 0) is 23.3 Å². The summed E-state index contributed by atoms with van der Waals surface area (Å²) in [5.41, 5.74) is 5.23. The Labute approximate surface area is 124 Å². The summed E-state index contributed by atoms with van der Waals surface area (Å²) in [6, 6.07) is 16.9. The van der Waals surface area contributed by atoms with Gasteiger partial charge >= 0.3 is 5.97 Å². The number of ether oxygens (including phenoxy) is 1. The van der Waals surface area contributed by atoms with Gasteiger partial charge in [0.05, 0.1) is 6.42 Å². The van der Waals surface area contributed by atoms with Crippen LogP contribution in [0.4, 0.5) is 5.69 Å². The quantitative estimate of drug-likeness (QED) is 0.505. The summed E-state index contributed by atoms with van der Waals surface area (Å²) < 4.78 is 5.21. The Morgan fingerprint density at radius 1 is 1.00 bits per heavy atom. The Morgan fingerprint density at radius 2 is 1.65 bits per heavy atom. The summed E-state index contributed by atoms with van der Waals surface area (Å²) in [4.78, 5) is 11.7. The van der Waals surface area contributed by atoms with Crippen LogP contribution in [0.2, 0.25) is 0 Å². The second kappa shape index (κ2) is 8.19. The van der Waals surface area contributed by atoms with Gasteiger partial charge in [0.1, 0.15) is 6.61 Å². The van der Waals surface area contributed by atoms with E-state index in [-0.39, 0.29) is 24.8 Å². The minimum Gasteiger partial charge on any atom is -0.461 e. The van der Waals surface area contributed by atoms with Crippen molar-refractivity contribution in [1.82, 2.24) is 0 Å². The van der Waals surface area contributed by atoms with Crippen molar-refractivity contribution >= 4 is 24.1 Å². The average Bonchev–Trinajstić information content (AvgIpc) is 2.47. The molecule has 0 amide bonds. The number of hydrazine groups is 1. The van der Waals surface area contributed by atoms with Crippen LogP contribution in [0.1, 0.15) is 11.1 Å². The lowest BCUT2D eigenvalue weighted by atomic mass is 10.1. The molecule has 20 heavy (non-hydrogen) atoms. The van der Waals surface area contributed by atoms with Crippen molar-refractivity contribution in [1.29, 1.82) is 0 Å². The number of carbonyl (C=O) groups excluding carboxylic acids is 1. The molecule has 5 heteroatoms. The van der Waals surface area contributed by atoms with Crippen LogP contribution in [-0.2, 0) is 22.6 Å². The summed E-state index contributed by atoms with van der Waals surface area (Å²) in [6.45, 7) is 0.308. The Morgan fingerprint density at radius 3 is 2.25 bits per heavy atom. The summed E-state index contributed by atoms with van der Waals surface area (Å²) >= 11 is 0. The zero-order valence-corrected chi connectivity index (χ0v) is 11.7. The van der Waals surface area contributed by atoms with E-state index in [0.717, 1.165) is 16.8 Å². The second-order valence-corrected chi connectivity index (χ2v) is 4.16. The molecule has 0 atom stereocenters. The van der Waals surface area contributed by atoms with E-state index in [1.165, 1.54) is 0 Å².